The summed E-state index contributed by atoms with van der Waals surface area (Å²) in [4.78, 5) is 17.6. The molecule has 5 N–H and O–H groups in total. The van der Waals surface area contributed by atoms with Crippen molar-refractivity contribution in [2.24, 2.45) is 11.8 Å². The molecular weight excluding hydrogens is 359 g/mol. The molecule has 26 heavy (non-hydrogen) atoms. The number of phenolic OH excluding ortho intramolecular Hbond substituents is 3. The zero-order valence-corrected chi connectivity index (χ0v) is 15.4. The summed E-state index contributed by atoms with van der Waals surface area (Å²) in [7, 11) is -4.72. The van der Waals surface area contributed by atoms with Crippen LogP contribution in [0.1, 0.15) is 25.0 Å². The molecule has 8 heteroatoms. The average Bonchev–Trinajstić information content (AvgIpc) is 2.52. The highest BCUT2D eigenvalue weighted by atomic mass is 31.2. The number of phosphoric acid groups is 1. The average molecular weight is 382 g/mol. The lowest BCUT2D eigenvalue weighted by molar-refractivity contribution is 0.277. The van der Waals surface area contributed by atoms with Crippen LogP contribution in [0.3, 0.4) is 0 Å². The normalized spacial score (nSPS) is 14.0. The Morgan fingerprint density at radius 1 is 0.846 bits per heavy atom. The standard InChI is InChI=1S/C18H23O7P/c1-11(7-13-3-5-15(19)16(20)9-13)12(2)8-14-4-6-18(17(21)10-14)25-26(22,23)24/h3-6,9-12,19-21H,7-8H2,1-2H3,(H2,22,23,24)/t11-,12+/m1/s1. The van der Waals surface area contributed by atoms with Crippen molar-refractivity contribution in [1.82, 2.24) is 0 Å². The van der Waals surface area contributed by atoms with Crippen LogP contribution in [0.25, 0.3) is 0 Å². The van der Waals surface area contributed by atoms with Gasteiger partial charge >= 0.3 is 7.82 Å². The van der Waals surface area contributed by atoms with E-state index < -0.39 is 7.82 Å². The van der Waals surface area contributed by atoms with Crippen LogP contribution < -0.4 is 4.52 Å². The van der Waals surface area contributed by atoms with Gasteiger partial charge in [-0.2, -0.15) is 0 Å². The molecule has 0 saturated heterocycles. The number of benzene rings is 2. The Kier molecular flexibility index (Phi) is 6.18. The van der Waals surface area contributed by atoms with E-state index in [9.17, 15) is 19.9 Å². The summed E-state index contributed by atoms with van der Waals surface area (Å²) in [5.74, 6) is -0.391. The molecule has 2 rings (SSSR count). The van der Waals surface area contributed by atoms with Gasteiger partial charge in [0, 0.05) is 0 Å². The van der Waals surface area contributed by atoms with Crippen molar-refractivity contribution in [3.8, 4) is 23.0 Å². The Labute approximate surface area is 151 Å². The molecule has 0 fully saturated rings. The Hall–Kier alpha value is -2.21. The second kappa shape index (κ2) is 7.99. The molecule has 0 heterocycles. The van der Waals surface area contributed by atoms with Crippen LogP contribution >= 0.6 is 7.82 Å². The predicted octanol–water partition coefficient (Wildman–Crippen LogP) is 3.33. The largest absolute Gasteiger partial charge is 0.524 e. The van der Waals surface area contributed by atoms with E-state index in [1.807, 2.05) is 0 Å². The zero-order chi connectivity index (χ0) is 19.5. The summed E-state index contributed by atoms with van der Waals surface area (Å²) in [6.07, 6.45) is 1.36. The fourth-order valence-electron chi connectivity index (χ4n) is 2.74. The minimum absolute atomic E-state index is 0.145. The highest BCUT2D eigenvalue weighted by molar-refractivity contribution is 7.46. The summed E-state index contributed by atoms with van der Waals surface area (Å²) in [6.45, 7) is 4.13. The van der Waals surface area contributed by atoms with Crippen LogP contribution in [0.5, 0.6) is 23.0 Å². The lowest BCUT2D eigenvalue weighted by atomic mass is 9.85. The molecule has 2 atom stereocenters. The smallest absolute Gasteiger partial charge is 0.504 e. The predicted molar refractivity (Wildman–Crippen MR) is 96.3 cm³/mol. The van der Waals surface area contributed by atoms with Crippen LogP contribution in [0.15, 0.2) is 36.4 Å². The van der Waals surface area contributed by atoms with Crippen molar-refractivity contribution in [3.05, 3.63) is 47.5 Å². The molecule has 0 aliphatic heterocycles. The Morgan fingerprint density at radius 3 is 1.81 bits per heavy atom. The number of aromatic hydroxyl groups is 3. The van der Waals surface area contributed by atoms with Crippen molar-refractivity contribution < 1.29 is 34.2 Å². The molecule has 2 aromatic rings. The summed E-state index contributed by atoms with van der Waals surface area (Å²) in [5.41, 5.74) is 1.72. The number of hydrogen-bond acceptors (Lipinski definition) is 5. The number of phosphoric ester groups is 1. The van der Waals surface area contributed by atoms with Gasteiger partial charge in [-0.1, -0.05) is 26.0 Å². The molecule has 0 radical (unpaired) electrons. The van der Waals surface area contributed by atoms with Gasteiger partial charge in [-0.3, -0.25) is 9.79 Å². The van der Waals surface area contributed by atoms with E-state index in [0.29, 0.717) is 12.8 Å². The van der Waals surface area contributed by atoms with E-state index in [-0.39, 0.29) is 34.8 Å². The monoisotopic (exact) mass is 382 g/mol. The third kappa shape index (κ3) is 5.66. The molecule has 2 aromatic carbocycles. The first-order valence-electron chi connectivity index (χ1n) is 8.13. The maximum absolute atomic E-state index is 10.9. The van der Waals surface area contributed by atoms with E-state index in [2.05, 4.69) is 18.4 Å². The first-order chi connectivity index (χ1) is 12.0. The van der Waals surface area contributed by atoms with Gasteiger partial charge in [0.15, 0.2) is 23.0 Å². The quantitative estimate of drug-likeness (QED) is 0.367. The molecule has 0 amide bonds. The van der Waals surface area contributed by atoms with Crippen LogP contribution in [-0.2, 0) is 17.4 Å². The van der Waals surface area contributed by atoms with Crippen LogP contribution in [0.2, 0.25) is 0 Å². The van der Waals surface area contributed by atoms with E-state index in [1.165, 1.54) is 18.2 Å². The summed E-state index contributed by atoms with van der Waals surface area (Å²) in [5, 5.41) is 28.8. The minimum Gasteiger partial charge on any atom is -0.504 e. The third-order valence-corrected chi connectivity index (χ3v) is 4.80. The molecule has 0 unspecified atom stereocenters. The topological polar surface area (TPSA) is 127 Å². The Bertz CT molecular complexity index is 815. The molecule has 7 nitrogen and oxygen atoms in total. The SMILES string of the molecule is C[C@H](Cc1ccc(O)c(O)c1)[C@@H](C)Cc1ccc(OP(=O)(O)O)c(O)c1. The number of rotatable bonds is 7. The van der Waals surface area contributed by atoms with Crippen molar-refractivity contribution in [2.45, 2.75) is 26.7 Å². The van der Waals surface area contributed by atoms with Crippen molar-refractivity contribution >= 4 is 7.82 Å². The molecule has 0 aliphatic rings. The van der Waals surface area contributed by atoms with E-state index in [1.54, 1.807) is 18.2 Å². The number of phenols is 3. The van der Waals surface area contributed by atoms with Gasteiger partial charge in [0.05, 0.1) is 0 Å². The van der Waals surface area contributed by atoms with Crippen LogP contribution in [0, 0.1) is 11.8 Å². The minimum atomic E-state index is -4.72. The summed E-state index contributed by atoms with van der Waals surface area (Å²) in [6, 6.07) is 9.18. The highest BCUT2D eigenvalue weighted by Crippen LogP contribution is 2.42. The van der Waals surface area contributed by atoms with E-state index in [0.717, 1.165) is 11.1 Å². The number of hydrogen-bond donors (Lipinski definition) is 5. The third-order valence-electron chi connectivity index (χ3n) is 4.37. The second-order valence-corrected chi connectivity index (χ2v) is 7.73. The molecule has 0 saturated carbocycles. The molecule has 0 aromatic heterocycles. The maximum Gasteiger partial charge on any atom is 0.524 e. The Balaban J connectivity index is 2.01. The molecule has 142 valence electrons. The van der Waals surface area contributed by atoms with Crippen molar-refractivity contribution in [1.29, 1.82) is 0 Å². The fraction of sp³-hybridized carbons (Fsp3) is 0.333. The van der Waals surface area contributed by atoms with Gasteiger partial charge in [-0.25, -0.2) is 4.57 Å². The first-order valence-corrected chi connectivity index (χ1v) is 9.66. The van der Waals surface area contributed by atoms with Gasteiger partial charge in [-0.05, 0) is 60.1 Å². The van der Waals surface area contributed by atoms with Gasteiger partial charge in [0.1, 0.15) is 0 Å². The lowest BCUT2D eigenvalue weighted by Gasteiger charge is -2.21. The van der Waals surface area contributed by atoms with Gasteiger partial charge < -0.3 is 19.8 Å². The van der Waals surface area contributed by atoms with Crippen LogP contribution in [-0.4, -0.2) is 25.1 Å². The molecular formula is C18H23O7P. The van der Waals surface area contributed by atoms with E-state index in [4.69, 9.17) is 9.79 Å². The van der Waals surface area contributed by atoms with Gasteiger partial charge in [0.2, 0.25) is 0 Å². The molecule has 0 aliphatic carbocycles. The zero-order valence-electron chi connectivity index (χ0n) is 14.5. The van der Waals surface area contributed by atoms with Crippen LogP contribution in [0.4, 0.5) is 0 Å². The molecule has 0 bridgehead atoms. The summed E-state index contributed by atoms with van der Waals surface area (Å²) < 4.78 is 15.3. The second-order valence-electron chi connectivity index (χ2n) is 6.57. The summed E-state index contributed by atoms with van der Waals surface area (Å²) >= 11 is 0. The van der Waals surface area contributed by atoms with Crippen molar-refractivity contribution in [3.63, 3.8) is 0 Å². The first kappa shape index (κ1) is 20.1. The Morgan fingerprint density at radius 2 is 1.35 bits per heavy atom. The van der Waals surface area contributed by atoms with E-state index >= 15 is 0 Å². The fourth-order valence-corrected chi connectivity index (χ4v) is 3.15. The lowest BCUT2D eigenvalue weighted by Crippen LogP contribution is -2.13. The highest BCUT2D eigenvalue weighted by Gasteiger charge is 2.20. The van der Waals surface area contributed by atoms with Gasteiger partial charge in [-0.15, -0.1) is 0 Å². The van der Waals surface area contributed by atoms with Gasteiger partial charge in [0.25, 0.3) is 0 Å². The maximum atomic E-state index is 10.9. The molecule has 0 spiro atoms. The van der Waals surface area contributed by atoms with Crippen molar-refractivity contribution in [2.75, 3.05) is 0 Å².